The monoisotopic (exact) mass is 406 g/mol. The fraction of sp³-hybridized carbons (Fsp3) is 0.960. The lowest BCUT2D eigenvalue weighted by molar-refractivity contribution is -0.175. The van der Waals surface area contributed by atoms with Gasteiger partial charge in [-0.15, -0.1) is 0 Å². The smallest absolute Gasteiger partial charge is 0.305 e. The van der Waals surface area contributed by atoms with Crippen molar-refractivity contribution in [2.75, 3.05) is 7.11 Å². The first-order valence-electron chi connectivity index (χ1n) is 12.1. The minimum atomic E-state index is -0.246. The molecule has 0 bridgehead atoms. The number of carbonyl (C=O) groups excluding carboxylic acids is 1. The van der Waals surface area contributed by atoms with Crippen molar-refractivity contribution in [1.29, 1.82) is 0 Å². The third-order valence-corrected chi connectivity index (χ3v) is 10.5. The molecule has 2 N–H and O–H groups in total. The van der Waals surface area contributed by atoms with Gasteiger partial charge in [0.05, 0.1) is 19.3 Å². The van der Waals surface area contributed by atoms with Crippen LogP contribution in [0.3, 0.4) is 0 Å². The summed E-state index contributed by atoms with van der Waals surface area (Å²) in [7, 11) is 1.46. The summed E-state index contributed by atoms with van der Waals surface area (Å²) < 4.78 is 4.85. The molecule has 4 aliphatic rings. The van der Waals surface area contributed by atoms with E-state index in [1.165, 1.54) is 32.8 Å². The van der Waals surface area contributed by atoms with Crippen molar-refractivity contribution in [2.24, 2.45) is 46.3 Å². The summed E-state index contributed by atoms with van der Waals surface area (Å²) in [5, 5.41) is 21.8. The van der Waals surface area contributed by atoms with E-state index in [4.69, 9.17) is 4.74 Å². The molecule has 0 saturated heterocycles. The summed E-state index contributed by atoms with van der Waals surface area (Å²) in [6.07, 6.45) is 9.86. The summed E-state index contributed by atoms with van der Waals surface area (Å²) in [4.78, 5) is 11.6. The van der Waals surface area contributed by atoms with Gasteiger partial charge in [-0.05, 0) is 104 Å². The minimum absolute atomic E-state index is 0.0198. The number of aliphatic hydroxyl groups excluding tert-OH is 2. The molecule has 4 heteroatoms. The summed E-state index contributed by atoms with van der Waals surface area (Å²) in [6.45, 7) is 7.12. The van der Waals surface area contributed by atoms with Gasteiger partial charge in [0.25, 0.3) is 0 Å². The molecule has 4 saturated carbocycles. The van der Waals surface area contributed by atoms with E-state index in [1.54, 1.807) is 0 Å². The van der Waals surface area contributed by atoms with Crippen LogP contribution in [-0.2, 0) is 9.53 Å². The van der Waals surface area contributed by atoms with Crippen LogP contribution in [0.5, 0.6) is 0 Å². The number of fused-ring (bicyclic) bond motifs is 5. The second-order valence-corrected chi connectivity index (χ2v) is 11.5. The van der Waals surface area contributed by atoms with Gasteiger partial charge in [0.1, 0.15) is 0 Å². The third kappa shape index (κ3) is 3.37. The van der Waals surface area contributed by atoms with Gasteiger partial charge in [0.15, 0.2) is 0 Å². The molecule has 0 aromatic heterocycles. The van der Waals surface area contributed by atoms with Gasteiger partial charge < -0.3 is 14.9 Å². The van der Waals surface area contributed by atoms with Crippen LogP contribution in [0.4, 0.5) is 0 Å². The molecule has 0 aromatic rings. The van der Waals surface area contributed by atoms with Crippen LogP contribution in [0, 0.1) is 46.3 Å². The van der Waals surface area contributed by atoms with Gasteiger partial charge in [0, 0.05) is 6.42 Å². The number of aliphatic hydroxyl groups is 2. The number of esters is 1. The van der Waals surface area contributed by atoms with Crippen LogP contribution >= 0.6 is 0 Å². The molecule has 0 aliphatic heterocycles. The summed E-state index contributed by atoms with van der Waals surface area (Å²) in [5.74, 6) is 3.36. The normalized spacial score (nSPS) is 50.2. The lowest BCUT2D eigenvalue weighted by atomic mass is 9.43. The molecular weight excluding hydrogens is 364 g/mol. The van der Waals surface area contributed by atoms with Gasteiger partial charge in [-0.25, -0.2) is 0 Å². The predicted molar refractivity (Wildman–Crippen MR) is 113 cm³/mol. The zero-order chi connectivity index (χ0) is 21.0. The molecule has 4 aliphatic carbocycles. The van der Waals surface area contributed by atoms with Gasteiger partial charge in [-0.3, -0.25) is 4.79 Å². The van der Waals surface area contributed by atoms with E-state index < -0.39 is 0 Å². The number of rotatable bonds is 4. The summed E-state index contributed by atoms with van der Waals surface area (Å²) >= 11 is 0. The quantitative estimate of drug-likeness (QED) is 0.671. The Bertz CT molecular complexity index is 620. The van der Waals surface area contributed by atoms with Gasteiger partial charge in [-0.1, -0.05) is 20.8 Å². The summed E-state index contributed by atoms with van der Waals surface area (Å²) in [6, 6.07) is 0. The molecule has 0 unspecified atom stereocenters. The van der Waals surface area contributed by atoms with E-state index in [9.17, 15) is 15.0 Å². The number of hydrogen-bond acceptors (Lipinski definition) is 4. The van der Waals surface area contributed by atoms with Crippen molar-refractivity contribution in [3.8, 4) is 0 Å². The first-order valence-corrected chi connectivity index (χ1v) is 12.1. The Kier molecular flexibility index (Phi) is 5.83. The maximum atomic E-state index is 11.6. The van der Waals surface area contributed by atoms with Crippen LogP contribution < -0.4 is 0 Å². The largest absolute Gasteiger partial charge is 0.469 e. The van der Waals surface area contributed by atoms with Gasteiger partial charge >= 0.3 is 5.97 Å². The fourth-order valence-corrected chi connectivity index (χ4v) is 8.81. The van der Waals surface area contributed by atoms with E-state index >= 15 is 0 Å². The van der Waals surface area contributed by atoms with Crippen LogP contribution in [0.1, 0.15) is 85.0 Å². The van der Waals surface area contributed by atoms with Crippen LogP contribution in [0.15, 0.2) is 0 Å². The molecule has 0 amide bonds. The zero-order valence-electron chi connectivity index (χ0n) is 18.9. The number of ether oxygens (including phenoxy) is 1. The second kappa shape index (κ2) is 7.82. The van der Waals surface area contributed by atoms with Crippen molar-refractivity contribution in [3.63, 3.8) is 0 Å². The topological polar surface area (TPSA) is 66.8 Å². The first-order chi connectivity index (χ1) is 13.7. The molecule has 4 rings (SSSR count). The lowest BCUT2D eigenvalue weighted by Crippen LogP contribution is -2.58. The zero-order valence-corrected chi connectivity index (χ0v) is 18.9. The maximum absolute atomic E-state index is 11.6. The molecule has 4 nitrogen and oxygen atoms in total. The van der Waals surface area contributed by atoms with Crippen molar-refractivity contribution in [1.82, 2.24) is 0 Å². The highest BCUT2D eigenvalue weighted by Gasteiger charge is 2.63. The fourth-order valence-electron chi connectivity index (χ4n) is 8.81. The Labute approximate surface area is 176 Å². The number of methoxy groups -OCH3 is 1. The highest BCUT2D eigenvalue weighted by molar-refractivity contribution is 5.69. The van der Waals surface area contributed by atoms with Crippen LogP contribution in [0.25, 0.3) is 0 Å². The number of hydrogen-bond donors (Lipinski definition) is 2. The minimum Gasteiger partial charge on any atom is -0.469 e. The molecule has 0 aromatic carbocycles. The predicted octanol–water partition coefficient (Wildman–Crippen LogP) is 4.57. The van der Waals surface area contributed by atoms with E-state index in [-0.39, 0.29) is 23.6 Å². The highest BCUT2D eigenvalue weighted by atomic mass is 16.5. The Morgan fingerprint density at radius 1 is 1.07 bits per heavy atom. The summed E-state index contributed by atoms with van der Waals surface area (Å²) in [5.41, 5.74) is 0.271. The van der Waals surface area contributed by atoms with E-state index in [1.807, 2.05) is 0 Å². The maximum Gasteiger partial charge on any atom is 0.305 e. The average molecular weight is 407 g/mol. The van der Waals surface area contributed by atoms with Crippen LogP contribution in [0.2, 0.25) is 0 Å². The average Bonchev–Trinajstić information content (AvgIpc) is 3.06. The van der Waals surface area contributed by atoms with Crippen molar-refractivity contribution >= 4 is 5.97 Å². The number of carbonyl (C=O) groups is 1. The molecule has 4 fully saturated rings. The SMILES string of the molecule is COC(=O)CC[C@H](C)[C@H]1CC[C@H]2[C@H]3CC[C@@H]4C[C@H](O)CC[C@]4(C)[C@@H]3C[C@H](O)[C@]12C. The Hall–Kier alpha value is -0.610. The van der Waals surface area contributed by atoms with Crippen molar-refractivity contribution in [3.05, 3.63) is 0 Å². The lowest BCUT2D eigenvalue weighted by Gasteiger charge is -2.62. The van der Waals surface area contributed by atoms with E-state index in [0.717, 1.165) is 38.0 Å². The molecule has 0 heterocycles. The first kappa shape index (κ1) is 21.6. The Balaban J connectivity index is 1.53. The third-order valence-electron chi connectivity index (χ3n) is 10.5. The van der Waals surface area contributed by atoms with Crippen LogP contribution in [-0.4, -0.2) is 35.5 Å². The molecule has 166 valence electrons. The Morgan fingerprint density at radius 3 is 2.55 bits per heavy atom. The molecule has 0 spiro atoms. The standard InChI is InChI=1S/C25H42O4/c1-15(5-10-23(28)29-4)19-8-9-20-18-7-6-16-13-17(26)11-12-24(16,2)21(18)14-22(27)25(19,20)3/h15-22,26-27H,5-14H2,1-4H3/t15-,16+,17+,18+,19+,20-,21+,22-,24-,25+/m0/s1. The second-order valence-electron chi connectivity index (χ2n) is 11.5. The highest BCUT2D eigenvalue weighted by Crippen LogP contribution is 2.68. The van der Waals surface area contributed by atoms with Gasteiger partial charge in [-0.2, -0.15) is 0 Å². The Morgan fingerprint density at radius 2 is 1.83 bits per heavy atom. The molecular formula is C25H42O4. The molecule has 10 atom stereocenters. The van der Waals surface area contributed by atoms with E-state index in [0.29, 0.717) is 41.4 Å². The van der Waals surface area contributed by atoms with E-state index in [2.05, 4.69) is 20.8 Å². The van der Waals surface area contributed by atoms with Crippen molar-refractivity contribution < 1.29 is 19.7 Å². The molecule has 29 heavy (non-hydrogen) atoms. The van der Waals surface area contributed by atoms with Crippen molar-refractivity contribution in [2.45, 2.75) is 97.2 Å². The molecule has 0 radical (unpaired) electrons. The van der Waals surface area contributed by atoms with Gasteiger partial charge in [0.2, 0.25) is 0 Å².